The van der Waals surface area contributed by atoms with E-state index in [9.17, 15) is 4.79 Å². The average Bonchev–Trinajstić information content (AvgIpc) is 3.38. The van der Waals surface area contributed by atoms with Crippen LogP contribution in [0.15, 0.2) is 71.3 Å². The number of methoxy groups -OCH3 is 1. The van der Waals surface area contributed by atoms with Crippen molar-refractivity contribution < 1.29 is 13.9 Å². The maximum atomic E-state index is 11.5. The van der Waals surface area contributed by atoms with E-state index in [2.05, 4.69) is 34.7 Å². The van der Waals surface area contributed by atoms with Crippen LogP contribution in [0.3, 0.4) is 0 Å². The van der Waals surface area contributed by atoms with E-state index in [-0.39, 0.29) is 5.97 Å². The second-order valence-corrected chi connectivity index (χ2v) is 6.62. The summed E-state index contributed by atoms with van der Waals surface area (Å²) < 4.78 is 10.6. The number of hydrogen-bond donors (Lipinski definition) is 2. The molecule has 5 heteroatoms. The number of esters is 1. The van der Waals surface area contributed by atoms with E-state index >= 15 is 0 Å². The van der Waals surface area contributed by atoms with Gasteiger partial charge in [-0.3, -0.25) is 0 Å². The number of fused-ring (bicyclic) bond motifs is 1. The molecule has 2 N–H and O–H groups in total. The van der Waals surface area contributed by atoms with Crippen molar-refractivity contribution in [2.75, 3.05) is 13.7 Å². The number of ether oxygens (including phenoxy) is 1. The van der Waals surface area contributed by atoms with Crippen LogP contribution in [0.2, 0.25) is 0 Å². The van der Waals surface area contributed by atoms with Crippen LogP contribution >= 0.6 is 0 Å². The van der Waals surface area contributed by atoms with Crippen LogP contribution in [0.5, 0.6) is 0 Å². The molecule has 28 heavy (non-hydrogen) atoms. The van der Waals surface area contributed by atoms with Crippen molar-refractivity contribution in [1.82, 2.24) is 10.3 Å². The topological polar surface area (TPSA) is 67.3 Å². The number of carbonyl (C=O) groups is 1. The highest BCUT2D eigenvalue weighted by atomic mass is 16.5. The number of benzene rings is 2. The third kappa shape index (κ3) is 3.85. The molecule has 0 saturated carbocycles. The maximum Gasteiger partial charge on any atom is 0.337 e. The lowest BCUT2D eigenvalue weighted by Gasteiger charge is -2.03. The largest absolute Gasteiger partial charge is 0.465 e. The van der Waals surface area contributed by atoms with Crippen molar-refractivity contribution in [3.63, 3.8) is 0 Å². The normalized spacial score (nSPS) is 11.0. The molecule has 0 aliphatic rings. The molecule has 2 aromatic carbocycles. The van der Waals surface area contributed by atoms with Crippen molar-refractivity contribution in [3.05, 3.63) is 83.7 Å². The summed E-state index contributed by atoms with van der Waals surface area (Å²) in [4.78, 5) is 14.8. The van der Waals surface area contributed by atoms with Gasteiger partial charge in [0, 0.05) is 22.7 Å². The number of carbonyl (C=O) groups excluding carboxylic acids is 1. The van der Waals surface area contributed by atoms with Gasteiger partial charge in [0.15, 0.2) is 0 Å². The van der Waals surface area contributed by atoms with E-state index in [1.54, 1.807) is 12.1 Å². The van der Waals surface area contributed by atoms with Crippen molar-refractivity contribution in [3.8, 4) is 11.3 Å². The third-order valence-corrected chi connectivity index (χ3v) is 4.80. The van der Waals surface area contributed by atoms with E-state index in [1.807, 2.05) is 30.3 Å². The molecule has 0 atom stereocenters. The molecular weight excluding hydrogens is 352 g/mol. The molecule has 4 aromatic rings. The fourth-order valence-corrected chi connectivity index (χ4v) is 3.29. The van der Waals surface area contributed by atoms with Gasteiger partial charge in [-0.15, -0.1) is 0 Å². The van der Waals surface area contributed by atoms with Gasteiger partial charge in [0.05, 0.1) is 19.2 Å². The summed E-state index contributed by atoms with van der Waals surface area (Å²) in [6.45, 7) is 1.54. The summed E-state index contributed by atoms with van der Waals surface area (Å²) in [5, 5.41) is 4.71. The number of furan rings is 1. The fraction of sp³-hybridized carbons (Fsp3) is 0.174. The van der Waals surface area contributed by atoms with Crippen molar-refractivity contribution >= 4 is 16.9 Å². The molecule has 5 nitrogen and oxygen atoms in total. The molecule has 0 bridgehead atoms. The number of aromatic nitrogens is 1. The van der Waals surface area contributed by atoms with Crippen LogP contribution in [-0.2, 0) is 17.7 Å². The summed E-state index contributed by atoms with van der Waals surface area (Å²) in [5.74, 6) is 1.32. The lowest BCUT2D eigenvalue weighted by Crippen LogP contribution is -2.16. The lowest BCUT2D eigenvalue weighted by atomic mass is 10.1. The Labute approximate surface area is 163 Å². The second-order valence-electron chi connectivity index (χ2n) is 6.62. The Balaban J connectivity index is 1.32. The van der Waals surface area contributed by atoms with Crippen molar-refractivity contribution in [2.45, 2.75) is 13.0 Å². The molecule has 0 aliphatic heterocycles. The van der Waals surface area contributed by atoms with Gasteiger partial charge < -0.3 is 19.5 Å². The minimum atomic E-state index is -0.342. The van der Waals surface area contributed by atoms with E-state index < -0.39 is 0 Å². The van der Waals surface area contributed by atoms with Gasteiger partial charge in [-0.2, -0.15) is 0 Å². The highest BCUT2D eigenvalue weighted by molar-refractivity contribution is 5.89. The number of para-hydroxylation sites is 1. The number of aromatic amines is 1. The van der Waals surface area contributed by atoms with Crippen LogP contribution in [-0.4, -0.2) is 24.6 Å². The predicted molar refractivity (Wildman–Crippen MR) is 109 cm³/mol. The first-order valence-corrected chi connectivity index (χ1v) is 9.28. The van der Waals surface area contributed by atoms with Gasteiger partial charge in [0.25, 0.3) is 0 Å². The van der Waals surface area contributed by atoms with E-state index in [0.29, 0.717) is 12.1 Å². The van der Waals surface area contributed by atoms with Crippen LogP contribution in [0.25, 0.3) is 22.2 Å². The molecule has 0 fully saturated rings. The van der Waals surface area contributed by atoms with Crippen LogP contribution < -0.4 is 5.32 Å². The summed E-state index contributed by atoms with van der Waals surface area (Å²) in [5.41, 5.74) is 3.94. The fourth-order valence-electron chi connectivity index (χ4n) is 3.29. The molecule has 0 saturated heterocycles. The van der Waals surface area contributed by atoms with Crippen LogP contribution in [0.4, 0.5) is 0 Å². The SMILES string of the molecule is COC(=O)c1ccc(-c2ccc(CNCCc3c[nH]c4ccccc34)o2)cc1. The minimum absolute atomic E-state index is 0.342. The standard InChI is InChI=1S/C23H22N2O3/c1-27-23(26)17-8-6-16(7-9-17)22-11-10-19(28-22)15-24-13-12-18-14-25-21-5-3-2-4-20(18)21/h2-11,14,24-25H,12-13,15H2,1H3. The third-order valence-electron chi connectivity index (χ3n) is 4.80. The zero-order chi connectivity index (χ0) is 19.3. The van der Waals surface area contributed by atoms with Gasteiger partial charge >= 0.3 is 5.97 Å². The molecule has 2 aromatic heterocycles. The highest BCUT2D eigenvalue weighted by Crippen LogP contribution is 2.23. The van der Waals surface area contributed by atoms with E-state index in [4.69, 9.17) is 9.15 Å². The predicted octanol–water partition coefficient (Wildman–Crippen LogP) is 4.55. The highest BCUT2D eigenvalue weighted by Gasteiger charge is 2.08. The quantitative estimate of drug-likeness (QED) is 0.368. The van der Waals surface area contributed by atoms with E-state index in [0.717, 1.165) is 30.0 Å². The number of hydrogen-bond acceptors (Lipinski definition) is 4. The number of rotatable bonds is 7. The molecule has 4 rings (SSSR count). The molecule has 0 unspecified atom stereocenters. The van der Waals surface area contributed by atoms with Gasteiger partial charge in [0.1, 0.15) is 11.5 Å². The monoisotopic (exact) mass is 374 g/mol. The van der Waals surface area contributed by atoms with Crippen molar-refractivity contribution in [2.24, 2.45) is 0 Å². The van der Waals surface area contributed by atoms with E-state index in [1.165, 1.54) is 23.6 Å². The average molecular weight is 374 g/mol. The zero-order valence-electron chi connectivity index (χ0n) is 15.7. The Morgan fingerprint density at radius 2 is 1.89 bits per heavy atom. The van der Waals surface area contributed by atoms with Crippen LogP contribution in [0.1, 0.15) is 21.7 Å². The second kappa shape index (κ2) is 8.15. The van der Waals surface area contributed by atoms with Crippen molar-refractivity contribution in [1.29, 1.82) is 0 Å². The Morgan fingerprint density at radius 3 is 2.71 bits per heavy atom. The number of nitrogens with one attached hydrogen (secondary N) is 2. The van der Waals surface area contributed by atoms with Crippen LogP contribution in [0, 0.1) is 0 Å². The molecule has 0 aliphatic carbocycles. The Kier molecular flexibility index (Phi) is 5.26. The van der Waals surface area contributed by atoms with Gasteiger partial charge in [-0.05, 0) is 48.9 Å². The first-order valence-electron chi connectivity index (χ1n) is 9.28. The van der Waals surface area contributed by atoms with Gasteiger partial charge in [-0.1, -0.05) is 30.3 Å². The Bertz CT molecular complexity index is 1080. The minimum Gasteiger partial charge on any atom is -0.465 e. The summed E-state index contributed by atoms with van der Waals surface area (Å²) >= 11 is 0. The summed E-state index contributed by atoms with van der Waals surface area (Å²) in [6.07, 6.45) is 3.03. The molecule has 0 amide bonds. The molecule has 0 spiro atoms. The van der Waals surface area contributed by atoms with Gasteiger partial charge in [-0.25, -0.2) is 4.79 Å². The molecule has 2 heterocycles. The number of H-pyrrole nitrogens is 1. The smallest absolute Gasteiger partial charge is 0.337 e. The first kappa shape index (κ1) is 18.1. The summed E-state index contributed by atoms with van der Waals surface area (Å²) in [6, 6.07) is 19.5. The maximum absolute atomic E-state index is 11.5. The Hall–Kier alpha value is -3.31. The first-order chi connectivity index (χ1) is 13.7. The Morgan fingerprint density at radius 1 is 1.07 bits per heavy atom. The molecule has 0 radical (unpaired) electrons. The molecule has 142 valence electrons. The zero-order valence-corrected chi connectivity index (χ0v) is 15.7. The lowest BCUT2D eigenvalue weighted by molar-refractivity contribution is 0.0600. The van der Waals surface area contributed by atoms with Gasteiger partial charge in [0.2, 0.25) is 0 Å². The summed E-state index contributed by atoms with van der Waals surface area (Å²) in [7, 11) is 1.38. The molecular formula is C23H22N2O3.